The zero-order valence-electron chi connectivity index (χ0n) is 19.2. The molecule has 32 heavy (non-hydrogen) atoms. The fraction of sp³-hybridized carbons (Fsp3) is 0.385. The Hall–Kier alpha value is -3.12. The van der Waals surface area contributed by atoms with E-state index >= 15 is 0 Å². The van der Waals surface area contributed by atoms with Gasteiger partial charge in [-0.05, 0) is 70.2 Å². The quantitative estimate of drug-likeness (QED) is 0.526. The van der Waals surface area contributed by atoms with Crippen molar-refractivity contribution in [1.82, 2.24) is 9.80 Å². The van der Waals surface area contributed by atoms with Gasteiger partial charge in [0.1, 0.15) is 11.3 Å². The van der Waals surface area contributed by atoms with Crippen molar-refractivity contribution < 1.29 is 13.9 Å². The number of carbonyl (C=O) groups is 1. The van der Waals surface area contributed by atoms with Crippen LogP contribution >= 0.6 is 0 Å². The van der Waals surface area contributed by atoms with Gasteiger partial charge in [0.25, 0.3) is 5.91 Å². The minimum atomic E-state index is -0.494. The summed E-state index contributed by atoms with van der Waals surface area (Å²) in [6.07, 6.45) is 1.70. The summed E-state index contributed by atoms with van der Waals surface area (Å²) in [5.41, 5.74) is 2.56. The molecule has 0 radical (unpaired) electrons. The number of aryl methyl sites for hydroxylation is 1. The molecule has 0 spiro atoms. The van der Waals surface area contributed by atoms with Crippen LogP contribution in [0.5, 0.6) is 5.75 Å². The molecule has 168 valence electrons. The maximum atomic E-state index is 13.6. The summed E-state index contributed by atoms with van der Waals surface area (Å²) in [5.74, 6) is 0.656. The Balaban J connectivity index is 1.84. The molecule has 0 aliphatic carbocycles. The van der Waals surface area contributed by atoms with Gasteiger partial charge in [-0.25, -0.2) is 0 Å². The third-order valence-electron chi connectivity index (χ3n) is 5.77. The van der Waals surface area contributed by atoms with Crippen LogP contribution in [0.1, 0.15) is 53.1 Å². The van der Waals surface area contributed by atoms with Crippen molar-refractivity contribution >= 4 is 16.9 Å². The van der Waals surface area contributed by atoms with Crippen LogP contribution < -0.4 is 10.2 Å². The summed E-state index contributed by atoms with van der Waals surface area (Å²) in [6.45, 7) is 5.98. The molecule has 1 aromatic heterocycles. The Morgan fingerprint density at radius 1 is 1.12 bits per heavy atom. The Morgan fingerprint density at radius 3 is 2.69 bits per heavy atom. The average molecular weight is 435 g/mol. The van der Waals surface area contributed by atoms with Crippen molar-refractivity contribution in [2.75, 3.05) is 33.8 Å². The molecule has 0 bridgehead atoms. The Morgan fingerprint density at radius 2 is 1.94 bits per heavy atom. The number of amides is 1. The summed E-state index contributed by atoms with van der Waals surface area (Å²) in [4.78, 5) is 30.9. The summed E-state index contributed by atoms with van der Waals surface area (Å²) < 4.78 is 11.8. The lowest BCUT2D eigenvalue weighted by Gasteiger charge is -2.26. The standard InChI is InChI=1S/C26H30N2O4/c1-5-14-31-19-9-6-8-18(16-19)23-22-24(29)20-15-17(2)10-11-21(20)32-25(22)26(30)28(23)13-7-12-27(3)4/h6,8-11,15-16,23H,5,7,12-14H2,1-4H3/t23-/m1/s1. The largest absolute Gasteiger partial charge is 0.494 e. The molecule has 0 saturated carbocycles. The van der Waals surface area contributed by atoms with E-state index in [2.05, 4.69) is 11.8 Å². The van der Waals surface area contributed by atoms with Crippen molar-refractivity contribution in [1.29, 1.82) is 0 Å². The highest BCUT2D eigenvalue weighted by Crippen LogP contribution is 2.39. The second-order valence-corrected chi connectivity index (χ2v) is 8.65. The van der Waals surface area contributed by atoms with Crippen LogP contribution in [0.25, 0.3) is 11.0 Å². The highest BCUT2D eigenvalue weighted by atomic mass is 16.5. The van der Waals surface area contributed by atoms with Gasteiger partial charge in [-0.1, -0.05) is 30.7 Å². The first-order valence-electron chi connectivity index (χ1n) is 11.2. The lowest BCUT2D eigenvalue weighted by atomic mass is 9.98. The summed E-state index contributed by atoms with van der Waals surface area (Å²) in [7, 11) is 4.01. The predicted octanol–water partition coefficient (Wildman–Crippen LogP) is 4.39. The molecule has 2 aromatic carbocycles. The molecule has 1 atom stereocenters. The zero-order chi connectivity index (χ0) is 22.8. The third-order valence-corrected chi connectivity index (χ3v) is 5.77. The molecule has 0 N–H and O–H groups in total. The Kier molecular flexibility index (Phi) is 6.33. The molecule has 2 heterocycles. The van der Waals surface area contributed by atoms with Crippen LogP contribution in [0.3, 0.4) is 0 Å². The van der Waals surface area contributed by atoms with Crippen molar-refractivity contribution in [3.8, 4) is 5.75 Å². The second-order valence-electron chi connectivity index (χ2n) is 8.65. The van der Waals surface area contributed by atoms with E-state index in [1.54, 1.807) is 11.0 Å². The Labute approximate surface area is 188 Å². The topological polar surface area (TPSA) is 63.0 Å². The van der Waals surface area contributed by atoms with Crippen molar-refractivity contribution in [2.45, 2.75) is 32.7 Å². The van der Waals surface area contributed by atoms with E-state index < -0.39 is 6.04 Å². The van der Waals surface area contributed by atoms with E-state index in [4.69, 9.17) is 9.15 Å². The first kappa shape index (κ1) is 22.1. The molecule has 1 amide bonds. The van der Waals surface area contributed by atoms with Crippen molar-refractivity contribution in [3.63, 3.8) is 0 Å². The SMILES string of the molecule is CCCOc1cccc([C@@H]2c3c(oc4ccc(C)cc4c3=O)C(=O)N2CCCN(C)C)c1. The third kappa shape index (κ3) is 4.15. The van der Waals surface area contributed by atoms with Crippen LogP contribution in [0.2, 0.25) is 0 Å². The molecule has 1 aliphatic rings. The first-order valence-corrected chi connectivity index (χ1v) is 11.2. The molecule has 0 fully saturated rings. The van der Waals surface area contributed by atoms with Crippen LogP contribution in [0.4, 0.5) is 0 Å². The van der Waals surface area contributed by atoms with Gasteiger partial charge in [0.15, 0.2) is 5.43 Å². The van der Waals surface area contributed by atoms with Gasteiger partial charge < -0.3 is 19.0 Å². The monoisotopic (exact) mass is 434 g/mol. The van der Waals surface area contributed by atoms with Crippen LogP contribution in [0, 0.1) is 6.92 Å². The molecule has 6 nitrogen and oxygen atoms in total. The molecular formula is C26H30N2O4. The summed E-state index contributed by atoms with van der Waals surface area (Å²) in [5, 5.41) is 0.509. The number of fused-ring (bicyclic) bond motifs is 2. The number of hydrogen-bond acceptors (Lipinski definition) is 5. The van der Waals surface area contributed by atoms with Gasteiger partial charge in [-0.2, -0.15) is 0 Å². The number of rotatable bonds is 8. The smallest absolute Gasteiger partial charge is 0.290 e. The van der Waals surface area contributed by atoms with E-state index in [-0.39, 0.29) is 17.1 Å². The molecule has 3 aromatic rings. The van der Waals surface area contributed by atoms with Gasteiger partial charge in [-0.3, -0.25) is 9.59 Å². The van der Waals surface area contributed by atoms with Crippen molar-refractivity contribution in [2.24, 2.45) is 0 Å². The minimum absolute atomic E-state index is 0.140. The molecule has 6 heteroatoms. The predicted molar refractivity (Wildman–Crippen MR) is 125 cm³/mol. The average Bonchev–Trinajstić information content (AvgIpc) is 3.05. The Bertz CT molecular complexity index is 1200. The molecule has 1 aliphatic heterocycles. The lowest BCUT2D eigenvalue weighted by Crippen LogP contribution is -2.32. The number of benzene rings is 2. The van der Waals surface area contributed by atoms with E-state index in [1.807, 2.05) is 57.4 Å². The molecule has 4 rings (SSSR count). The van der Waals surface area contributed by atoms with E-state index in [9.17, 15) is 9.59 Å². The number of hydrogen-bond donors (Lipinski definition) is 0. The second kappa shape index (κ2) is 9.17. The summed E-state index contributed by atoms with van der Waals surface area (Å²) >= 11 is 0. The zero-order valence-corrected chi connectivity index (χ0v) is 19.2. The van der Waals surface area contributed by atoms with E-state index in [0.717, 1.165) is 36.3 Å². The molecule has 0 unspecified atom stereocenters. The minimum Gasteiger partial charge on any atom is -0.494 e. The fourth-order valence-electron chi connectivity index (χ4n) is 4.26. The van der Waals surface area contributed by atoms with Crippen LogP contribution in [-0.2, 0) is 0 Å². The molecule has 0 saturated heterocycles. The van der Waals surface area contributed by atoms with Gasteiger partial charge in [0.05, 0.1) is 23.6 Å². The normalized spacial score (nSPS) is 15.6. The number of ether oxygens (including phenoxy) is 1. The summed E-state index contributed by atoms with van der Waals surface area (Å²) in [6, 6.07) is 12.7. The van der Waals surface area contributed by atoms with E-state index in [0.29, 0.717) is 29.7 Å². The number of nitrogens with zero attached hydrogens (tertiary/aromatic N) is 2. The van der Waals surface area contributed by atoms with Crippen LogP contribution in [0.15, 0.2) is 51.7 Å². The number of carbonyl (C=O) groups excluding carboxylic acids is 1. The van der Waals surface area contributed by atoms with Gasteiger partial charge >= 0.3 is 0 Å². The molecular weight excluding hydrogens is 404 g/mol. The highest BCUT2D eigenvalue weighted by Gasteiger charge is 2.42. The van der Waals surface area contributed by atoms with E-state index in [1.165, 1.54) is 0 Å². The van der Waals surface area contributed by atoms with Gasteiger partial charge in [-0.15, -0.1) is 0 Å². The lowest BCUT2D eigenvalue weighted by molar-refractivity contribution is 0.0722. The van der Waals surface area contributed by atoms with Gasteiger partial charge in [0, 0.05) is 6.54 Å². The maximum absolute atomic E-state index is 13.6. The first-order chi connectivity index (χ1) is 15.4. The van der Waals surface area contributed by atoms with Crippen LogP contribution in [-0.4, -0.2) is 49.5 Å². The highest BCUT2D eigenvalue weighted by molar-refractivity contribution is 5.99. The maximum Gasteiger partial charge on any atom is 0.290 e. The van der Waals surface area contributed by atoms with Crippen molar-refractivity contribution in [3.05, 3.63) is 75.1 Å². The van der Waals surface area contributed by atoms with Gasteiger partial charge in [0.2, 0.25) is 5.76 Å². The fourth-order valence-corrected chi connectivity index (χ4v) is 4.26.